The molecule has 1 aromatic heterocycles. The van der Waals surface area contributed by atoms with E-state index < -0.39 is 6.04 Å². The van der Waals surface area contributed by atoms with Gasteiger partial charge in [-0.25, -0.2) is 4.79 Å². The Morgan fingerprint density at radius 2 is 2.00 bits per heavy atom. The zero-order valence-corrected chi connectivity index (χ0v) is 19.2. The number of hydrogen-bond acceptors (Lipinski definition) is 7. The highest BCUT2D eigenvalue weighted by molar-refractivity contribution is 7.18. The normalized spacial score (nSPS) is 15.2. The van der Waals surface area contributed by atoms with Gasteiger partial charge in [-0.05, 0) is 44.0 Å². The van der Waals surface area contributed by atoms with E-state index >= 15 is 0 Å². The SMILES string of the molecule is CCOc1ccccc1NC(=O)N1CCCC1C(=O)Nc1nnc(-c2cccc(OC)c2)s1. The molecule has 33 heavy (non-hydrogen) atoms. The topological polar surface area (TPSA) is 106 Å². The number of amides is 3. The Morgan fingerprint density at radius 1 is 1.15 bits per heavy atom. The molecule has 1 unspecified atom stereocenters. The van der Waals surface area contributed by atoms with Crippen LogP contribution in [-0.4, -0.2) is 53.3 Å². The van der Waals surface area contributed by atoms with Crippen molar-refractivity contribution < 1.29 is 19.1 Å². The second kappa shape index (κ2) is 10.3. The van der Waals surface area contributed by atoms with E-state index in [1.807, 2.05) is 43.3 Å². The van der Waals surface area contributed by atoms with Gasteiger partial charge in [-0.2, -0.15) is 0 Å². The van der Waals surface area contributed by atoms with Crippen molar-refractivity contribution in [2.45, 2.75) is 25.8 Å². The standard InChI is InChI=1S/C23H25N5O4S/c1-3-32-19-12-5-4-10-17(19)24-23(30)28-13-7-11-18(28)20(29)25-22-27-26-21(33-22)15-8-6-9-16(14-15)31-2/h4-6,8-10,12,14,18H,3,7,11,13H2,1-2H3,(H,24,30)(H,25,27,29). The summed E-state index contributed by atoms with van der Waals surface area (Å²) < 4.78 is 10.8. The Morgan fingerprint density at radius 3 is 2.82 bits per heavy atom. The molecule has 0 spiro atoms. The molecule has 2 aromatic carbocycles. The summed E-state index contributed by atoms with van der Waals surface area (Å²) >= 11 is 1.27. The van der Waals surface area contributed by atoms with E-state index in [-0.39, 0.29) is 11.9 Å². The predicted octanol–water partition coefficient (Wildman–Crippen LogP) is 4.25. The Balaban J connectivity index is 1.42. The van der Waals surface area contributed by atoms with Crippen LogP contribution in [-0.2, 0) is 4.79 Å². The highest BCUT2D eigenvalue weighted by Gasteiger charge is 2.35. The van der Waals surface area contributed by atoms with E-state index in [0.717, 1.165) is 12.0 Å². The lowest BCUT2D eigenvalue weighted by Gasteiger charge is -2.24. The summed E-state index contributed by atoms with van der Waals surface area (Å²) in [5, 5.41) is 15.0. The lowest BCUT2D eigenvalue weighted by Crippen LogP contribution is -2.45. The maximum atomic E-state index is 13.0. The van der Waals surface area contributed by atoms with Gasteiger partial charge >= 0.3 is 6.03 Å². The molecule has 1 fully saturated rings. The fourth-order valence-corrected chi connectivity index (χ4v) is 4.40. The molecule has 1 aliphatic heterocycles. The van der Waals surface area contributed by atoms with Crippen molar-refractivity contribution >= 4 is 34.1 Å². The molecule has 0 aliphatic carbocycles. The third kappa shape index (κ3) is 5.23. The number of anilines is 2. The third-order valence-corrected chi connectivity index (χ3v) is 6.10. The first-order chi connectivity index (χ1) is 16.1. The quantitative estimate of drug-likeness (QED) is 0.538. The van der Waals surface area contributed by atoms with E-state index in [0.29, 0.717) is 46.9 Å². The molecule has 3 amide bonds. The van der Waals surface area contributed by atoms with E-state index in [1.54, 1.807) is 24.1 Å². The summed E-state index contributed by atoms with van der Waals surface area (Å²) in [7, 11) is 1.60. The molecule has 1 saturated heterocycles. The molecule has 2 heterocycles. The molecule has 9 nitrogen and oxygen atoms in total. The summed E-state index contributed by atoms with van der Waals surface area (Å²) in [5.74, 6) is 1.02. The van der Waals surface area contributed by atoms with Gasteiger partial charge in [-0.1, -0.05) is 35.6 Å². The van der Waals surface area contributed by atoms with E-state index in [9.17, 15) is 9.59 Å². The molecule has 0 bridgehead atoms. The number of para-hydroxylation sites is 2. The first kappa shape index (κ1) is 22.5. The molecular formula is C23H25N5O4S. The number of carbonyl (C=O) groups is 2. The number of carbonyl (C=O) groups excluding carboxylic acids is 2. The highest BCUT2D eigenvalue weighted by Crippen LogP contribution is 2.30. The van der Waals surface area contributed by atoms with Crippen LogP contribution in [0.15, 0.2) is 48.5 Å². The van der Waals surface area contributed by atoms with Gasteiger partial charge in [-0.3, -0.25) is 10.1 Å². The summed E-state index contributed by atoms with van der Waals surface area (Å²) in [4.78, 5) is 27.4. The van der Waals surface area contributed by atoms with E-state index in [1.165, 1.54) is 11.3 Å². The largest absolute Gasteiger partial charge is 0.497 e. The van der Waals surface area contributed by atoms with Crippen LogP contribution in [0, 0.1) is 0 Å². The van der Waals surface area contributed by atoms with Gasteiger partial charge in [0.25, 0.3) is 0 Å². The molecule has 3 aromatic rings. The van der Waals surface area contributed by atoms with Gasteiger partial charge in [0, 0.05) is 12.1 Å². The molecule has 4 rings (SSSR count). The van der Waals surface area contributed by atoms with Gasteiger partial charge < -0.3 is 19.7 Å². The van der Waals surface area contributed by atoms with Gasteiger partial charge in [0.05, 0.1) is 19.4 Å². The van der Waals surface area contributed by atoms with Gasteiger partial charge in [-0.15, -0.1) is 10.2 Å². The van der Waals surface area contributed by atoms with E-state index in [4.69, 9.17) is 9.47 Å². The number of benzene rings is 2. The summed E-state index contributed by atoms with van der Waals surface area (Å²) in [6.07, 6.45) is 1.32. The van der Waals surface area contributed by atoms with Crippen LogP contribution >= 0.6 is 11.3 Å². The van der Waals surface area contributed by atoms with Crippen molar-refractivity contribution in [3.63, 3.8) is 0 Å². The maximum Gasteiger partial charge on any atom is 0.322 e. The number of urea groups is 1. The highest BCUT2D eigenvalue weighted by atomic mass is 32.1. The first-order valence-corrected chi connectivity index (χ1v) is 11.5. The average Bonchev–Trinajstić information content (AvgIpc) is 3.50. The van der Waals surface area contributed by atoms with Crippen LogP contribution in [0.1, 0.15) is 19.8 Å². The van der Waals surface area contributed by atoms with E-state index in [2.05, 4.69) is 20.8 Å². The number of ether oxygens (including phenoxy) is 2. The van der Waals surface area contributed by atoms with Crippen LogP contribution in [0.3, 0.4) is 0 Å². The minimum atomic E-state index is -0.589. The first-order valence-electron chi connectivity index (χ1n) is 10.7. The fourth-order valence-electron chi connectivity index (χ4n) is 3.66. The van der Waals surface area contributed by atoms with Crippen LogP contribution in [0.25, 0.3) is 10.6 Å². The van der Waals surface area contributed by atoms with Gasteiger partial charge in [0.15, 0.2) is 0 Å². The van der Waals surface area contributed by atoms with Crippen LogP contribution in [0.4, 0.5) is 15.6 Å². The Bertz CT molecular complexity index is 1140. The molecule has 172 valence electrons. The molecule has 0 saturated carbocycles. The number of aromatic nitrogens is 2. The molecular weight excluding hydrogens is 442 g/mol. The lowest BCUT2D eigenvalue weighted by atomic mass is 10.2. The predicted molar refractivity (Wildman–Crippen MR) is 127 cm³/mol. The zero-order valence-electron chi connectivity index (χ0n) is 18.4. The Kier molecular flexibility index (Phi) is 7.04. The second-order valence-corrected chi connectivity index (χ2v) is 8.32. The van der Waals surface area contributed by atoms with Crippen molar-refractivity contribution in [2.75, 3.05) is 30.9 Å². The average molecular weight is 468 g/mol. The summed E-state index contributed by atoms with van der Waals surface area (Å²) in [6.45, 7) is 2.86. The number of likely N-dealkylation sites (tertiary alicyclic amines) is 1. The minimum absolute atomic E-state index is 0.283. The number of hydrogen-bond donors (Lipinski definition) is 2. The third-order valence-electron chi connectivity index (χ3n) is 5.22. The molecule has 1 atom stereocenters. The fraction of sp³-hybridized carbons (Fsp3) is 0.304. The summed E-state index contributed by atoms with van der Waals surface area (Å²) in [5.41, 5.74) is 1.42. The smallest absolute Gasteiger partial charge is 0.322 e. The number of rotatable bonds is 7. The number of methoxy groups -OCH3 is 1. The van der Waals surface area contributed by atoms with Crippen molar-refractivity contribution in [3.05, 3.63) is 48.5 Å². The Labute approximate surface area is 195 Å². The molecule has 1 aliphatic rings. The monoisotopic (exact) mass is 467 g/mol. The summed E-state index contributed by atoms with van der Waals surface area (Å²) in [6, 6.07) is 13.8. The van der Waals surface area contributed by atoms with Crippen LogP contribution < -0.4 is 20.1 Å². The van der Waals surface area contributed by atoms with Crippen molar-refractivity contribution in [1.29, 1.82) is 0 Å². The number of nitrogens with one attached hydrogen (secondary N) is 2. The minimum Gasteiger partial charge on any atom is -0.497 e. The molecule has 10 heteroatoms. The zero-order chi connectivity index (χ0) is 23.2. The van der Waals surface area contributed by atoms with Crippen LogP contribution in [0.2, 0.25) is 0 Å². The number of nitrogens with zero attached hydrogens (tertiary/aromatic N) is 3. The molecule has 2 N–H and O–H groups in total. The van der Waals surface area contributed by atoms with Gasteiger partial charge in [0.2, 0.25) is 11.0 Å². The maximum absolute atomic E-state index is 13.0. The van der Waals surface area contributed by atoms with Crippen molar-refractivity contribution in [2.24, 2.45) is 0 Å². The van der Waals surface area contributed by atoms with Crippen molar-refractivity contribution in [3.8, 4) is 22.1 Å². The second-order valence-electron chi connectivity index (χ2n) is 7.34. The van der Waals surface area contributed by atoms with Gasteiger partial charge in [0.1, 0.15) is 22.5 Å². The van der Waals surface area contributed by atoms with Crippen molar-refractivity contribution in [1.82, 2.24) is 15.1 Å². The molecule has 0 radical (unpaired) electrons. The van der Waals surface area contributed by atoms with Crippen LogP contribution in [0.5, 0.6) is 11.5 Å². The lowest BCUT2D eigenvalue weighted by molar-refractivity contribution is -0.119. The Hall–Kier alpha value is -3.66.